The van der Waals surface area contributed by atoms with Crippen LogP contribution in [0.2, 0.25) is 0 Å². The van der Waals surface area contributed by atoms with Gasteiger partial charge < -0.3 is 10.6 Å². The first kappa shape index (κ1) is 24.6. The number of hydrogen-bond acceptors (Lipinski definition) is 6. The van der Waals surface area contributed by atoms with E-state index in [2.05, 4.69) is 30.3 Å². The Hall–Kier alpha value is -5.76. The summed E-state index contributed by atoms with van der Waals surface area (Å²) in [4.78, 5) is 23.6. The van der Waals surface area contributed by atoms with E-state index in [1.54, 1.807) is 24.3 Å². The van der Waals surface area contributed by atoms with Crippen molar-refractivity contribution in [2.24, 2.45) is 0 Å². The van der Waals surface area contributed by atoms with Gasteiger partial charge in [-0.2, -0.15) is 0 Å². The van der Waals surface area contributed by atoms with Crippen LogP contribution in [0.25, 0.3) is 32.7 Å². The maximum Gasteiger partial charge on any atom is 0.269 e. The molecule has 0 unspecified atom stereocenters. The zero-order valence-corrected chi connectivity index (χ0v) is 21.1. The molecule has 0 spiro atoms. The minimum Gasteiger partial charge on any atom is -0.399 e. The molecule has 0 fully saturated rings. The predicted molar refractivity (Wildman–Crippen MR) is 159 cm³/mol. The first-order valence-corrected chi connectivity index (χ1v) is 12.5. The van der Waals surface area contributed by atoms with Crippen molar-refractivity contribution in [3.05, 3.63) is 142 Å². The van der Waals surface area contributed by atoms with Crippen LogP contribution in [0.15, 0.2) is 121 Å². The van der Waals surface area contributed by atoms with Crippen LogP contribution in [0.5, 0.6) is 0 Å². The highest BCUT2D eigenvalue weighted by Gasteiger charge is 2.19. The van der Waals surface area contributed by atoms with Gasteiger partial charge in [0.15, 0.2) is 0 Å². The summed E-state index contributed by atoms with van der Waals surface area (Å²) in [6, 6.07) is 36.7. The van der Waals surface area contributed by atoms with E-state index in [0.29, 0.717) is 17.1 Å². The first-order valence-electron chi connectivity index (χ1n) is 12.5. The molecular weight excluding hydrogens is 504 g/mol. The summed E-state index contributed by atoms with van der Waals surface area (Å²) in [6.07, 6.45) is 0. The van der Waals surface area contributed by atoms with Crippen LogP contribution in [-0.2, 0) is 0 Å². The molecular formula is C32H22N4O4. The number of anilines is 4. The van der Waals surface area contributed by atoms with Gasteiger partial charge in [-0.25, -0.2) is 0 Å². The number of nitro groups is 2. The Bertz CT molecular complexity index is 1840. The third kappa shape index (κ3) is 4.33. The zero-order chi connectivity index (χ0) is 27.8. The average molecular weight is 527 g/mol. The molecule has 0 aromatic heterocycles. The highest BCUT2D eigenvalue weighted by Crippen LogP contribution is 2.42. The van der Waals surface area contributed by atoms with Crippen LogP contribution in [0.1, 0.15) is 0 Å². The summed E-state index contributed by atoms with van der Waals surface area (Å²) < 4.78 is 0. The molecule has 0 heterocycles. The number of nitro benzene ring substituents is 2. The molecule has 6 aromatic carbocycles. The monoisotopic (exact) mass is 526 g/mol. The summed E-state index contributed by atoms with van der Waals surface area (Å²) in [5, 5.41) is 26.7. The van der Waals surface area contributed by atoms with Gasteiger partial charge in [-0.3, -0.25) is 20.2 Å². The number of non-ortho nitro benzene ring substituents is 2. The highest BCUT2D eigenvalue weighted by molar-refractivity contribution is 6.15. The molecule has 194 valence electrons. The van der Waals surface area contributed by atoms with Crippen molar-refractivity contribution in [3.8, 4) is 11.1 Å². The largest absolute Gasteiger partial charge is 0.399 e. The van der Waals surface area contributed by atoms with Gasteiger partial charge in [0.1, 0.15) is 0 Å². The summed E-state index contributed by atoms with van der Waals surface area (Å²) in [6.45, 7) is 0. The van der Waals surface area contributed by atoms with E-state index in [1.807, 2.05) is 47.4 Å². The molecule has 2 N–H and O–H groups in total. The molecule has 0 atom stereocenters. The smallest absolute Gasteiger partial charge is 0.269 e. The maximum absolute atomic E-state index is 11.3. The Morgan fingerprint density at radius 3 is 1.57 bits per heavy atom. The van der Waals surface area contributed by atoms with Gasteiger partial charge in [0.25, 0.3) is 11.4 Å². The Morgan fingerprint density at radius 1 is 0.525 bits per heavy atom. The van der Waals surface area contributed by atoms with E-state index >= 15 is 0 Å². The molecule has 0 bridgehead atoms. The molecule has 40 heavy (non-hydrogen) atoms. The van der Waals surface area contributed by atoms with E-state index < -0.39 is 9.85 Å². The fourth-order valence-corrected chi connectivity index (χ4v) is 5.09. The van der Waals surface area contributed by atoms with E-state index in [9.17, 15) is 20.2 Å². The molecule has 0 saturated heterocycles. The van der Waals surface area contributed by atoms with Crippen LogP contribution < -0.4 is 10.6 Å². The van der Waals surface area contributed by atoms with Gasteiger partial charge in [0.2, 0.25) is 0 Å². The van der Waals surface area contributed by atoms with E-state index in [1.165, 1.54) is 24.3 Å². The minimum atomic E-state index is -0.442. The molecule has 0 aliphatic rings. The van der Waals surface area contributed by atoms with Crippen molar-refractivity contribution in [1.82, 2.24) is 0 Å². The van der Waals surface area contributed by atoms with Gasteiger partial charge in [-0.05, 0) is 69.8 Å². The van der Waals surface area contributed by atoms with Crippen molar-refractivity contribution < 1.29 is 9.85 Å². The average Bonchev–Trinajstić information content (AvgIpc) is 2.98. The van der Waals surface area contributed by atoms with Gasteiger partial charge in [-0.1, -0.05) is 54.6 Å². The van der Waals surface area contributed by atoms with Crippen molar-refractivity contribution in [3.63, 3.8) is 0 Å². The fourth-order valence-electron chi connectivity index (χ4n) is 5.09. The first-order chi connectivity index (χ1) is 19.4. The molecule has 6 rings (SSSR count). The summed E-state index contributed by atoms with van der Waals surface area (Å²) in [5.41, 5.74) is 10.9. The number of fused-ring (bicyclic) bond motifs is 3. The van der Waals surface area contributed by atoms with Gasteiger partial charge >= 0.3 is 0 Å². The summed E-state index contributed by atoms with van der Waals surface area (Å²) in [7, 11) is 0. The lowest BCUT2D eigenvalue weighted by molar-refractivity contribution is -0.385. The number of benzene rings is 6. The number of nitrogen functional groups attached to an aromatic ring is 1. The van der Waals surface area contributed by atoms with Crippen LogP contribution in [0.4, 0.5) is 34.1 Å². The third-order valence-electron chi connectivity index (χ3n) is 7.00. The topological polar surface area (TPSA) is 116 Å². The van der Waals surface area contributed by atoms with Crippen molar-refractivity contribution >= 4 is 55.7 Å². The van der Waals surface area contributed by atoms with Crippen molar-refractivity contribution in [2.75, 3.05) is 10.6 Å². The molecule has 0 aliphatic heterocycles. The Balaban J connectivity index is 1.56. The second-order valence-electron chi connectivity index (χ2n) is 9.34. The molecule has 0 saturated carbocycles. The van der Waals surface area contributed by atoms with E-state index in [-0.39, 0.29) is 11.4 Å². The molecule has 6 aromatic rings. The number of rotatable bonds is 6. The lowest BCUT2D eigenvalue weighted by atomic mass is 9.94. The van der Waals surface area contributed by atoms with Crippen LogP contribution >= 0.6 is 0 Å². The van der Waals surface area contributed by atoms with E-state index in [4.69, 9.17) is 5.73 Å². The second-order valence-corrected chi connectivity index (χ2v) is 9.34. The van der Waals surface area contributed by atoms with Gasteiger partial charge in [0.05, 0.1) is 15.5 Å². The maximum atomic E-state index is 11.3. The van der Waals surface area contributed by atoms with Crippen molar-refractivity contribution in [2.45, 2.75) is 0 Å². The number of nitrogens with two attached hydrogens (primary N) is 1. The minimum absolute atomic E-state index is 0.0217. The Morgan fingerprint density at radius 2 is 1.02 bits per heavy atom. The molecule has 8 heteroatoms. The molecule has 0 radical (unpaired) electrons. The quantitative estimate of drug-likeness (QED) is 0.101. The summed E-state index contributed by atoms with van der Waals surface area (Å²) >= 11 is 0. The predicted octanol–water partition coefficient (Wildman–Crippen LogP) is 8.53. The zero-order valence-electron chi connectivity index (χ0n) is 21.1. The van der Waals surface area contributed by atoms with Crippen LogP contribution in [-0.4, -0.2) is 9.85 Å². The number of hydrogen-bond donors (Lipinski definition) is 1. The lowest BCUT2D eigenvalue weighted by Gasteiger charge is -2.27. The SMILES string of the molecule is Nc1ccc(-c2cccc3c2ccc2c(N(c4ccc([N+](=O)[O-])cc4)c4ccc([N+](=O)[O-])cc4)cccc23)cc1. The van der Waals surface area contributed by atoms with E-state index in [0.717, 1.165) is 38.4 Å². The van der Waals surface area contributed by atoms with Crippen molar-refractivity contribution in [1.29, 1.82) is 0 Å². The van der Waals surface area contributed by atoms with Crippen LogP contribution in [0.3, 0.4) is 0 Å². The second kappa shape index (κ2) is 9.85. The molecule has 0 aliphatic carbocycles. The number of nitrogens with zero attached hydrogens (tertiary/aromatic N) is 3. The third-order valence-corrected chi connectivity index (χ3v) is 7.00. The molecule has 0 amide bonds. The van der Waals surface area contributed by atoms with Crippen LogP contribution in [0, 0.1) is 20.2 Å². The summed E-state index contributed by atoms with van der Waals surface area (Å²) in [5.74, 6) is 0. The Kier molecular flexibility index (Phi) is 6.05. The fraction of sp³-hybridized carbons (Fsp3) is 0. The molecule has 8 nitrogen and oxygen atoms in total. The van der Waals surface area contributed by atoms with Gasteiger partial charge in [-0.15, -0.1) is 0 Å². The van der Waals surface area contributed by atoms with Gasteiger partial charge in [0, 0.05) is 46.7 Å². The standard InChI is InChI=1S/C32H22N4O4/c33-22-9-7-21(8-10-22)27-3-1-4-28-29-5-2-6-32(31(29)20-19-30(27)28)34(23-11-15-25(16-12-23)35(37)38)24-13-17-26(18-14-24)36(39)40/h1-20H,33H2. The lowest BCUT2D eigenvalue weighted by Crippen LogP contribution is -2.10. The Labute approximate surface area is 228 Å². The highest BCUT2D eigenvalue weighted by atomic mass is 16.6. The normalized spacial score (nSPS) is 11.0.